The number of carbonyl (C=O) groups is 6. The Bertz CT molecular complexity index is 1770. The molecule has 0 unspecified atom stereocenters. The van der Waals surface area contributed by atoms with Gasteiger partial charge in [0, 0.05) is 37.1 Å². The molecule has 0 fully saturated rings. The van der Waals surface area contributed by atoms with Crippen molar-refractivity contribution < 1.29 is 47.7 Å². The smallest absolute Gasteiger partial charge is 0.330 e. The Morgan fingerprint density at radius 2 is 0.811 bits per heavy atom. The number of Topliss-reactive ketones (excluding diaryl/α,β-unsaturated/α-hetero) is 2. The molecule has 0 N–H and O–H groups in total. The molecule has 53 heavy (non-hydrogen) atoms. The van der Waals surface area contributed by atoms with Gasteiger partial charge in [-0.3, -0.25) is 19.2 Å². The molecule has 4 aromatic rings. The first kappa shape index (κ1) is 43.3. The maximum Gasteiger partial charge on any atom is 0.330 e. The van der Waals surface area contributed by atoms with E-state index in [0.717, 1.165) is 33.7 Å². The molecule has 0 heterocycles. The summed E-state index contributed by atoms with van der Waals surface area (Å²) in [6.45, 7) is 14.7. The zero-order valence-corrected chi connectivity index (χ0v) is 30.9. The summed E-state index contributed by atoms with van der Waals surface area (Å²) in [4.78, 5) is 66.9. The van der Waals surface area contributed by atoms with Crippen molar-refractivity contribution in [2.45, 2.75) is 59.8 Å². The van der Waals surface area contributed by atoms with Crippen molar-refractivity contribution in [2.24, 2.45) is 0 Å². The predicted molar refractivity (Wildman–Crippen MR) is 205 cm³/mol. The van der Waals surface area contributed by atoms with Crippen LogP contribution in [0.2, 0.25) is 0 Å². The third-order valence-corrected chi connectivity index (χ3v) is 7.47. The lowest BCUT2D eigenvalue weighted by atomic mass is 9.97. The molecule has 4 rings (SSSR count). The van der Waals surface area contributed by atoms with Gasteiger partial charge in [0.1, 0.15) is 0 Å². The van der Waals surface area contributed by atoms with Gasteiger partial charge in [-0.15, -0.1) is 0 Å². The van der Waals surface area contributed by atoms with E-state index in [0.29, 0.717) is 63.2 Å². The van der Waals surface area contributed by atoms with E-state index in [2.05, 4.69) is 34.8 Å². The summed E-state index contributed by atoms with van der Waals surface area (Å²) >= 11 is 0. The van der Waals surface area contributed by atoms with E-state index >= 15 is 0 Å². The lowest BCUT2D eigenvalue weighted by Crippen LogP contribution is -2.08. The van der Waals surface area contributed by atoms with Crippen LogP contribution in [0.3, 0.4) is 0 Å². The molecule has 0 saturated heterocycles. The number of benzene rings is 4. The summed E-state index contributed by atoms with van der Waals surface area (Å²) in [6, 6.07) is 23.5. The van der Waals surface area contributed by atoms with Crippen LogP contribution < -0.4 is 0 Å². The van der Waals surface area contributed by atoms with Gasteiger partial charge < -0.3 is 18.9 Å². The number of hydrogen-bond donors (Lipinski definition) is 0. The number of ether oxygens (including phenoxy) is 4. The van der Waals surface area contributed by atoms with Crippen LogP contribution in [0.15, 0.2) is 98.1 Å². The Morgan fingerprint density at radius 3 is 1.15 bits per heavy atom. The molecule has 0 aliphatic rings. The second-order valence-corrected chi connectivity index (χ2v) is 12.0. The average Bonchev–Trinajstić information content (AvgIpc) is 3.13. The van der Waals surface area contributed by atoms with Crippen LogP contribution in [0.4, 0.5) is 0 Å². The first-order valence-electron chi connectivity index (χ1n) is 17.2. The molecule has 0 aliphatic heterocycles. The van der Waals surface area contributed by atoms with Crippen molar-refractivity contribution in [3.05, 3.63) is 120 Å². The molecule has 280 valence electrons. The summed E-state index contributed by atoms with van der Waals surface area (Å²) in [6.07, 6.45) is 4.89. The van der Waals surface area contributed by atoms with Crippen molar-refractivity contribution in [1.82, 2.24) is 0 Å². The van der Waals surface area contributed by atoms with Crippen molar-refractivity contribution in [3.63, 3.8) is 0 Å². The Kier molecular flexibility index (Phi) is 19.2. The minimum atomic E-state index is -0.424. The fourth-order valence-corrected chi connectivity index (χ4v) is 4.73. The number of esters is 4. The maximum atomic E-state index is 12.6. The van der Waals surface area contributed by atoms with Gasteiger partial charge >= 0.3 is 23.9 Å². The summed E-state index contributed by atoms with van der Waals surface area (Å²) < 4.78 is 18.8. The largest absolute Gasteiger partial charge is 0.466 e. The second-order valence-electron chi connectivity index (χ2n) is 12.0. The summed E-state index contributed by atoms with van der Waals surface area (Å²) in [5.74, 6) is -1.72. The standard InChI is InChI=1S/C25H20O2.2C9H14O4/c1-16-3-5-20-13-22(9-7-18(20)11-16)24(26)15-25(27)23-10-8-19-12-17(2)4-6-21(19)14-23;2*1-3-9(11)13-7-5-4-6-12-8(2)10/h3-14H,15H2,1-2H3;2*3H,1,4-7H2,2H3. The zero-order valence-electron chi connectivity index (χ0n) is 30.9. The van der Waals surface area contributed by atoms with Crippen LogP contribution in [-0.2, 0) is 38.1 Å². The van der Waals surface area contributed by atoms with E-state index in [1.165, 1.54) is 25.0 Å². The van der Waals surface area contributed by atoms with Crippen molar-refractivity contribution in [3.8, 4) is 0 Å². The van der Waals surface area contributed by atoms with Crippen LogP contribution >= 0.6 is 0 Å². The quantitative estimate of drug-likeness (QED) is 0.0278. The van der Waals surface area contributed by atoms with Gasteiger partial charge in [-0.2, -0.15) is 0 Å². The van der Waals surface area contributed by atoms with E-state index in [1.807, 2.05) is 62.4 Å². The van der Waals surface area contributed by atoms with Crippen LogP contribution in [0, 0.1) is 13.8 Å². The Labute approximate surface area is 310 Å². The molecule has 10 heteroatoms. The first-order chi connectivity index (χ1) is 25.3. The van der Waals surface area contributed by atoms with Gasteiger partial charge in [0.2, 0.25) is 0 Å². The Hall–Kier alpha value is -5.90. The maximum absolute atomic E-state index is 12.6. The highest BCUT2D eigenvalue weighted by Gasteiger charge is 2.15. The third-order valence-electron chi connectivity index (χ3n) is 7.47. The van der Waals surface area contributed by atoms with E-state index in [4.69, 9.17) is 9.47 Å². The van der Waals surface area contributed by atoms with Crippen molar-refractivity contribution in [2.75, 3.05) is 26.4 Å². The number of ketones is 2. The highest BCUT2D eigenvalue weighted by molar-refractivity contribution is 6.15. The Morgan fingerprint density at radius 1 is 0.491 bits per heavy atom. The second kappa shape index (κ2) is 23.6. The van der Waals surface area contributed by atoms with Crippen LogP contribution in [0.5, 0.6) is 0 Å². The number of carbonyl (C=O) groups excluding carboxylic acids is 6. The average molecular weight is 725 g/mol. The van der Waals surface area contributed by atoms with Crippen molar-refractivity contribution >= 4 is 57.0 Å². The molecule has 0 aliphatic carbocycles. The summed E-state index contributed by atoms with van der Waals surface area (Å²) in [7, 11) is 0. The number of aryl methyl sites for hydroxylation is 2. The molecule has 0 bridgehead atoms. The Balaban J connectivity index is 0.000000316. The fourth-order valence-electron chi connectivity index (χ4n) is 4.73. The van der Waals surface area contributed by atoms with Crippen molar-refractivity contribution in [1.29, 1.82) is 0 Å². The van der Waals surface area contributed by atoms with E-state index in [1.54, 1.807) is 12.1 Å². The molecule has 10 nitrogen and oxygen atoms in total. The monoisotopic (exact) mass is 724 g/mol. The van der Waals surface area contributed by atoms with E-state index < -0.39 is 11.9 Å². The van der Waals surface area contributed by atoms with Gasteiger partial charge in [0.15, 0.2) is 11.6 Å². The predicted octanol–water partition coefficient (Wildman–Crippen LogP) is 8.18. The van der Waals surface area contributed by atoms with Crippen LogP contribution in [0.25, 0.3) is 21.5 Å². The molecule has 0 amide bonds. The van der Waals surface area contributed by atoms with Gasteiger partial charge in [0.05, 0.1) is 32.8 Å². The molecule has 0 radical (unpaired) electrons. The third kappa shape index (κ3) is 17.2. The normalized spacial score (nSPS) is 10.0. The lowest BCUT2D eigenvalue weighted by molar-refractivity contribution is -0.142. The minimum absolute atomic E-state index is 0.116. The molecular formula is C43H48O10. The first-order valence-corrected chi connectivity index (χ1v) is 17.2. The van der Waals surface area contributed by atoms with Gasteiger partial charge in [-0.05, 0) is 73.2 Å². The molecule has 4 aromatic carbocycles. The molecule has 0 aromatic heterocycles. The van der Waals surface area contributed by atoms with Gasteiger partial charge in [-0.25, -0.2) is 9.59 Å². The zero-order chi connectivity index (χ0) is 39.2. The molecule has 0 spiro atoms. The lowest BCUT2D eigenvalue weighted by Gasteiger charge is -2.06. The van der Waals surface area contributed by atoms with Crippen LogP contribution in [-0.4, -0.2) is 61.9 Å². The minimum Gasteiger partial charge on any atom is -0.466 e. The SMILES string of the molecule is C=CC(=O)OCCCCOC(C)=O.C=CC(=O)OCCCCOC(C)=O.Cc1ccc2cc(C(=O)CC(=O)c3ccc4cc(C)ccc4c3)ccc2c1. The number of unbranched alkanes of at least 4 members (excludes halogenated alkanes) is 2. The molecule has 0 saturated carbocycles. The summed E-state index contributed by atoms with van der Waals surface area (Å²) in [5.41, 5.74) is 3.53. The van der Waals surface area contributed by atoms with E-state index in [-0.39, 0.29) is 29.9 Å². The molecule has 0 atom stereocenters. The van der Waals surface area contributed by atoms with Crippen LogP contribution in [0.1, 0.15) is 77.8 Å². The topological polar surface area (TPSA) is 139 Å². The highest BCUT2D eigenvalue weighted by atomic mass is 16.5. The highest BCUT2D eigenvalue weighted by Crippen LogP contribution is 2.21. The fraction of sp³-hybridized carbons (Fsp3) is 0.302. The molecular weight excluding hydrogens is 676 g/mol. The van der Waals surface area contributed by atoms with E-state index in [9.17, 15) is 28.8 Å². The van der Waals surface area contributed by atoms with Gasteiger partial charge in [-0.1, -0.05) is 84.9 Å². The van der Waals surface area contributed by atoms with Gasteiger partial charge in [0.25, 0.3) is 0 Å². The number of fused-ring (bicyclic) bond motifs is 2. The number of hydrogen-bond acceptors (Lipinski definition) is 10. The summed E-state index contributed by atoms with van der Waals surface area (Å²) in [5, 5.41) is 4.23. The number of rotatable bonds is 16.